The number of nitrogens with two attached hydrogens (primary N) is 1. The summed E-state index contributed by atoms with van der Waals surface area (Å²) in [7, 11) is 0. The van der Waals surface area contributed by atoms with Crippen LogP contribution in [0.1, 0.15) is 37.3 Å². The van der Waals surface area contributed by atoms with Crippen molar-refractivity contribution in [3.05, 3.63) is 29.3 Å². The molecule has 14 heavy (non-hydrogen) atoms. The van der Waals surface area contributed by atoms with Crippen molar-refractivity contribution in [2.24, 2.45) is 5.73 Å². The number of rotatable bonds is 5. The van der Waals surface area contributed by atoms with Crippen LogP contribution in [-0.4, -0.2) is 5.11 Å². The largest absolute Gasteiger partial charge is 0.508 e. The van der Waals surface area contributed by atoms with Crippen LogP contribution >= 0.6 is 0 Å². The van der Waals surface area contributed by atoms with E-state index in [0.29, 0.717) is 12.3 Å². The number of unbranched alkanes of at least 4 members (excludes halogenated alkanes) is 2. The van der Waals surface area contributed by atoms with Gasteiger partial charge in [0.25, 0.3) is 0 Å². The summed E-state index contributed by atoms with van der Waals surface area (Å²) in [5, 5.41) is 9.43. The van der Waals surface area contributed by atoms with Gasteiger partial charge in [-0.1, -0.05) is 31.9 Å². The third kappa shape index (κ3) is 3.04. The molecular weight excluding hydrogens is 174 g/mol. The van der Waals surface area contributed by atoms with Crippen LogP contribution in [0.25, 0.3) is 0 Å². The molecule has 0 aliphatic carbocycles. The van der Waals surface area contributed by atoms with E-state index in [0.717, 1.165) is 12.0 Å². The second kappa shape index (κ2) is 5.66. The van der Waals surface area contributed by atoms with Crippen LogP contribution in [0.2, 0.25) is 0 Å². The first kappa shape index (κ1) is 11.1. The minimum absolute atomic E-state index is 0.312. The highest BCUT2D eigenvalue weighted by molar-refractivity contribution is 5.36. The van der Waals surface area contributed by atoms with Crippen LogP contribution in [0.5, 0.6) is 5.75 Å². The number of hydrogen-bond donors (Lipinski definition) is 2. The Bertz CT molecular complexity index is 284. The molecule has 1 rings (SSSR count). The van der Waals surface area contributed by atoms with Crippen LogP contribution in [0.15, 0.2) is 18.2 Å². The van der Waals surface area contributed by atoms with E-state index >= 15 is 0 Å². The van der Waals surface area contributed by atoms with Crippen molar-refractivity contribution in [3.63, 3.8) is 0 Å². The lowest BCUT2D eigenvalue weighted by atomic mass is 10.0. The minimum Gasteiger partial charge on any atom is -0.508 e. The third-order valence-corrected chi connectivity index (χ3v) is 2.43. The summed E-state index contributed by atoms with van der Waals surface area (Å²) in [6.45, 7) is 2.61. The number of benzene rings is 1. The minimum atomic E-state index is 0.312. The molecule has 0 saturated carbocycles. The normalized spacial score (nSPS) is 10.4. The van der Waals surface area contributed by atoms with Crippen LogP contribution in [0.3, 0.4) is 0 Å². The van der Waals surface area contributed by atoms with Crippen molar-refractivity contribution in [2.45, 2.75) is 39.2 Å². The second-order valence-electron chi connectivity index (χ2n) is 3.62. The summed E-state index contributed by atoms with van der Waals surface area (Å²) < 4.78 is 0. The van der Waals surface area contributed by atoms with E-state index in [1.165, 1.54) is 24.8 Å². The summed E-state index contributed by atoms with van der Waals surface area (Å²) in [6, 6.07) is 5.72. The molecule has 0 amide bonds. The highest BCUT2D eigenvalue weighted by Gasteiger charge is 2.00. The molecule has 0 bridgehead atoms. The van der Waals surface area contributed by atoms with Crippen LogP contribution in [0, 0.1) is 0 Å². The van der Waals surface area contributed by atoms with Crippen molar-refractivity contribution in [2.75, 3.05) is 0 Å². The highest BCUT2D eigenvalue weighted by atomic mass is 16.3. The van der Waals surface area contributed by atoms with Gasteiger partial charge in [0.15, 0.2) is 0 Å². The van der Waals surface area contributed by atoms with Gasteiger partial charge in [-0.25, -0.2) is 0 Å². The lowest BCUT2D eigenvalue weighted by Gasteiger charge is -2.05. The molecule has 0 heterocycles. The summed E-state index contributed by atoms with van der Waals surface area (Å²) in [5.74, 6) is 0.312. The monoisotopic (exact) mass is 193 g/mol. The molecule has 0 fully saturated rings. The third-order valence-electron chi connectivity index (χ3n) is 2.43. The van der Waals surface area contributed by atoms with Crippen molar-refractivity contribution in [3.8, 4) is 5.75 Å². The Balaban J connectivity index is 2.60. The van der Waals surface area contributed by atoms with Gasteiger partial charge in [0.1, 0.15) is 5.75 Å². The van der Waals surface area contributed by atoms with Crippen molar-refractivity contribution in [1.82, 2.24) is 0 Å². The van der Waals surface area contributed by atoms with E-state index in [-0.39, 0.29) is 0 Å². The summed E-state index contributed by atoms with van der Waals surface area (Å²) in [6.07, 6.45) is 4.80. The number of aryl methyl sites for hydroxylation is 1. The van der Waals surface area contributed by atoms with Gasteiger partial charge in [-0.3, -0.25) is 0 Å². The topological polar surface area (TPSA) is 46.2 Å². The lowest BCUT2D eigenvalue weighted by Crippen LogP contribution is -1.98. The fourth-order valence-corrected chi connectivity index (χ4v) is 1.54. The van der Waals surface area contributed by atoms with E-state index in [1.807, 2.05) is 12.1 Å². The molecule has 0 radical (unpaired) electrons. The summed E-state index contributed by atoms with van der Waals surface area (Å²) >= 11 is 0. The smallest absolute Gasteiger partial charge is 0.120 e. The highest BCUT2D eigenvalue weighted by Crippen LogP contribution is 2.19. The van der Waals surface area contributed by atoms with E-state index in [2.05, 4.69) is 6.92 Å². The van der Waals surface area contributed by atoms with E-state index in [9.17, 15) is 5.11 Å². The molecule has 1 aromatic rings. The van der Waals surface area contributed by atoms with Gasteiger partial charge < -0.3 is 10.8 Å². The maximum absolute atomic E-state index is 9.43. The quantitative estimate of drug-likeness (QED) is 0.706. The summed E-state index contributed by atoms with van der Waals surface area (Å²) in [5.41, 5.74) is 7.64. The number of hydrogen-bond acceptors (Lipinski definition) is 2. The van der Waals surface area contributed by atoms with Gasteiger partial charge in [-0.05, 0) is 24.5 Å². The zero-order valence-electron chi connectivity index (χ0n) is 8.79. The molecule has 0 aliphatic heterocycles. The Labute approximate surface area is 85.8 Å². The van der Waals surface area contributed by atoms with Gasteiger partial charge >= 0.3 is 0 Å². The predicted molar refractivity (Wildman–Crippen MR) is 59.2 cm³/mol. The van der Waals surface area contributed by atoms with E-state index < -0.39 is 0 Å². The van der Waals surface area contributed by atoms with Gasteiger partial charge in [0, 0.05) is 12.1 Å². The van der Waals surface area contributed by atoms with Crippen molar-refractivity contribution in [1.29, 1.82) is 0 Å². The molecular formula is C12H19NO. The van der Waals surface area contributed by atoms with Crippen molar-refractivity contribution < 1.29 is 5.11 Å². The molecule has 0 unspecified atom stereocenters. The fraction of sp³-hybridized carbons (Fsp3) is 0.500. The SMILES string of the molecule is CCCCCc1ccc(O)c(CN)c1. The first-order valence-electron chi connectivity index (χ1n) is 5.28. The maximum Gasteiger partial charge on any atom is 0.120 e. The average Bonchev–Trinajstić information content (AvgIpc) is 2.21. The lowest BCUT2D eigenvalue weighted by molar-refractivity contribution is 0.468. The first-order chi connectivity index (χ1) is 6.77. The van der Waals surface area contributed by atoms with Crippen LogP contribution < -0.4 is 5.73 Å². The second-order valence-corrected chi connectivity index (χ2v) is 3.62. The number of phenols is 1. The zero-order chi connectivity index (χ0) is 10.4. The Morgan fingerprint density at radius 2 is 2.07 bits per heavy atom. The average molecular weight is 193 g/mol. The molecule has 78 valence electrons. The summed E-state index contributed by atoms with van der Waals surface area (Å²) in [4.78, 5) is 0. The number of phenolic OH excluding ortho intramolecular Hbond substituents is 1. The standard InChI is InChI=1S/C12H19NO/c1-2-3-4-5-10-6-7-12(14)11(8-10)9-13/h6-8,14H,2-5,9,13H2,1H3. The molecule has 0 aromatic heterocycles. The molecule has 0 saturated heterocycles. The van der Waals surface area contributed by atoms with E-state index in [1.54, 1.807) is 6.07 Å². The Kier molecular flexibility index (Phi) is 4.47. The Morgan fingerprint density at radius 3 is 2.71 bits per heavy atom. The van der Waals surface area contributed by atoms with Crippen molar-refractivity contribution >= 4 is 0 Å². The molecule has 2 nitrogen and oxygen atoms in total. The van der Waals surface area contributed by atoms with E-state index in [4.69, 9.17) is 5.73 Å². The van der Waals surface area contributed by atoms with Gasteiger partial charge in [-0.2, -0.15) is 0 Å². The molecule has 1 aromatic carbocycles. The predicted octanol–water partition coefficient (Wildman–Crippen LogP) is 2.58. The van der Waals surface area contributed by atoms with Gasteiger partial charge in [-0.15, -0.1) is 0 Å². The van der Waals surface area contributed by atoms with Crippen LogP contribution in [0.4, 0.5) is 0 Å². The molecule has 3 N–H and O–H groups in total. The number of aromatic hydroxyl groups is 1. The molecule has 0 spiro atoms. The Hall–Kier alpha value is -1.02. The molecule has 0 atom stereocenters. The van der Waals surface area contributed by atoms with Gasteiger partial charge in [0.2, 0.25) is 0 Å². The molecule has 2 heteroatoms. The van der Waals surface area contributed by atoms with Gasteiger partial charge in [0.05, 0.1) is 0 Å². The Morgan fingerprint density at radius 1 is 1.29 bits per heavy atom. The maximum atomic E-state index is 9.43. The first-order valence-corrected chi connectivity index (χ1v) is 5.28. The van der Waals surface area contributed by atoms with Crippen LogP contribution in [-0.2, 0) is 13.0 Å². The zero-order valence-corrected chi connectivity index (χ0v) is 8.79. The molecule has 0 aliphatic rings. The fourth-order valence-electron chi connectivity index (χ4n) is 1.54.